The summed E-state index contributed by atoms with van der Waals surface area (Å²) < 4.78 is 77.2. The first kappa shape index (κ1) is 24.9. The molecule has 1 unspecified atom stereocenters. The maximum Gasteiger partial charge on any atom is 0.200 e. The van der Waals surface area contributed by atoms with Crippen molar-refractivity contribution in [2.45, 2.75) is 29.6 Å². The van der Waals surface area contributed by atoms with E-state index in [1.165, 1.54) is 25.0 Å². The average molecular weight is 522 g/mol. The molecule has 1 N–H and O–H groups in total. The summed E-state index contributed by atoms with van der Waals surface area (Å²) in [6.45, 7) is 2.91. The summed E-state index contributed by atoms with van der Waals surface area (Å²) in [6, 6.07) is 11.7. The molecule has 2 aliphatic rings. The molecular formula is C27H24F5NO2S. The highest BCUT2D eigenvalue weighted by molar-refractivity contribution is 7.99. The Labute approximate surface area is 209 Å². The molecule has 2 aliphatic heterocycles. The molecule has 0 aromatic heterocycles. The number of rotatable bonds is 6. The summed E-state index contributed by atoms with van der Waals surface area (Å²) in [6.07, 6.45) is 2.46. The van der Waals surface area contributed by atoms with Crippen molar-refractivity contribution in [2.24, 2.45) is 0 Å². The molecule has 3 aromatic rings. The molecule has 190 valence electrons. The third-order valence-corrected chi connectivity index (χ3v) is 7.87. The zero-order valence-electron chi connectivity index (χ0n) is 19.2. The summed E-state index contributed by atoms with van der Waals surface area (Å²) >= 11 is 1.70. The number of benzene rings is 3. The number of phenolic OH excluding ortho intramolecular Hbond substituents is 1. The van der Waals surface area contributed by atoms with E-state index in [-0.39, 0.29) is 12.4 Å². The fourth-order valence-electron chi connectivity index (χ4n) is 5.08. The minimum atomic E-state index is -2.19. The summed E-state index contributed by atoms with van der Waals surface area (Å²) in [5, 5.41) is 9.87. The topological polar surface area (TPSA) is 32.7 Å². The molecule has 5 rings (SSSR count). The maximum atomic E-state index is 14.8. The molecule has 0 aliphatic carbocycles. The Morgan fingerprint density at radius 2 is 1.50 bits per heavy atom. The van der Waals surface area contributed by atoms with Crippen LogP contribution in [0.5, 0.6) is 11.5 Å². The number of nitrogens with zero attached hydrogens (tertiary/aromatic N) is 1. The minimum absolute atomic E-state index is 0.0630. The van der Waals surface area contributed by atoms with Gasteiger partial charge in [-0.05, 0) is 49.7 Å². The molecule has 0 radical (unpaired) electrons. The van der Waals surface area contributed by atoms with Gasteiger partial charge in [0.15, 0.2) is 23.3 Å². The molecule has 0 bridgehead atoms. The van der Waals surface area contributed by atoms with Crippen LogP contribution in [-0.2, 0) is 0 Å². The SMILES string of the molecule is Oc1ccc2c(c1)OC[C@H](c1c(F)c(F)c(F)c(F)c1F)C2c1ccc(SCCN2CCCC2)cc1. The molecule has 0 spiro atoms. The summed E-state index contributed by atoms with van der Waals surface area (Å²) in [5.41, 5.74) is 0.227. The quantitative estimate of drug-likeness (QED) is 0.172. The lowest BCUT2D eigenvalue weighted by Crippen LogP contribution is -2.28. The van der Waals surface area contributed by atoms with Crippen LogP contribution in [-0.4, -0.2) is 42.0 Å². The summed E-state index contributed by atoms with van der Waals surface area (Å²) in [7, 11) is 0. The second-order valence-corrected chi connectivity index (χ2v) is 10.2. The van der Waals surface area contributed by atoms with Crippen molar-refractivity contribution in [2.75, 3.05) is 32.0 Å². The van der Waals surface area contributed by atoms with Crippen LogP contribution in [0.25, 0.3) is 0 Å². The molecule has 36 heavy (non-hydrogen) atoms. The predicted molar refractivity (Wildman–Crippen MR) is 127 cm³/mol. The molecule has 3 nitrogen and oxygen atoms in total. The van der Waals surface area contributed by atoms with Crippen LogP contribution in [0.4, 0.5) is 22.0 Å². The zero-order chi connectivity index (χ0) is 25.4. The Bertz CT molecular complexity index is 1240. The van der Waals surface area contributed by atoms with Gasteiger partial charge in [0.25, 0.3) is 0 Å². The molecule has 1 fully saturated rings. The van der Waals surface area contributed by atoms with E-state index in [1.807, 2.05) is 24.3 Å². The van der Waals surface area contributed by atoms with Gasteiger partial charge in [-0.25, -0.2) is 22.0 Å². The lowest BCUT2D eigenvalue weighted by atomic mass is 9.75. The van der Waals surface area contributed by atoms with Gasteiger partial charge in [0.1, 0.15) is 11.5 Å². The van der Waals surface area contributed by atoms with Crippen LogP contribution in [0.15, 0.2) is 47.4 Å². The first-order valence-electron chi connectivity index (χ1n) is 11.8. The smallest absolute Gasteiger partial charge is 0.200 e. The largest absolute Gasteiger partial charge is 0.508 e. The van der Waals surface area contributed by atoms with Crippen molar-refractivity contribution in [3.8, 4) is 11.5 Å². The van der Waals surface area contributed by atoms with E-state index in [0.717, 1.165) is 30.3 Å². The second-order valence-electron chi connectivity index (χ2n) is 9.07. The van der Waals surface area contributed by atoms with Crippen LogP contribution >= 0.6 is 11.8 Å². The first-order chi connectivity index (χ1) is 17.3. The Morgan fingerprint density at radius 1 is 0.861 bits per heavy atom. The summed E-state index contributed by atoms with van der Waals surface area (Å²) in [4.78, 5) is 3.44. The highest BCUT2D eigenvalue weighted by Gasteiger charge is 2.39. The standard InChI is InChI=1S/C27H24F5NO2S/c28-23-22(24(29)26(31)27(32)25(23)30)19-14-35-20-13-16(34)5-8-18(20)21(19)15-3-6-17(7-4-15)36-12-11-33-9-1-2-10-33/h3-8,13,19,21,34H,1-2,9-12,14H2/t19-,21?/m0/s1. The van der Waals surface area contributed by atoms with Crippen LogP contribution < -0.4 is 4.74 Å². The van der Waals surface area contributed by atoms with E-state index in [1.54, 1.807) is 17.8 Å². The van der Waals surface area contributed by atoms with Crippen LogP contribution in [0.1, 0.15) is 41.4 Å². The van der Waals surface area contributed by atoms with Gasteiger partial charge >= 0.3 is 0 Å². The van der Waals surface area contributed by atoms with Crippen molar-refractivity contribution >= 4 is 11.8 Å². The van der Waals surface area contributed by atoms with Gasteiger partial charge in [-0.1, -0.05) is 18.2 Å². The molecular weight excluding hydrogens is 497 g/mol. The molecule has 0 amide bonds. The summed E-state index contributed by atoms with van der Waals surface area (Å²) in [5.74, 6) is -10.7. The lowest BCUT2D eigenvalue weighted by Gasteiger charge is -2.35. The number of ether oxygens (including phenoxy) is 1. The van der Waals surface area contributed by atoms with E-state index >= 15 is 0 Å². The monoisotopic (exact) mass is 521 g/mol. The number of hydrogen-bond donors (Lipinski definition) is 1. The van der Waals surface area contributed by atoms with Crippen molar-refractivity contribution in [3.05, 3.63) is 88.2 Å². The maximum absolute atomic E-state index is 14.8. The predicted octanol–water partition coefficient (Wildman–Crippen LogP) is 6.58. The molecule has 1 saturated heterocycles. The van der Waals surface area contributed by atoms with Gasteiger partial charge in [0.2, 0.25) is 5.82 Å². The van der Waals surface area contributed by atoms with Crippen LogP contribution in [0.2, 0.25) is 0 Å². The Hall–Kier alpha value is -2.78. The van der Waals surface area contributed by atoms with E-state index in [0.29, 0.717) is 16.9 Å². The molecule has 3 aromatic carbocycles. The fraction of sp³-hybridized carbons (Fsp3) is 0.333. The van der Waals surface area contributed by atoms with Gasteiger partial charge in [0, 0.05) is 46.2 Å². The minimum Gasteiger partial charge on any atom is -0.508 e. The van der Waals surface area contributed by atoms with Crippen LogP contribution in [0.3, 0.4) is 0 Å². The molecule has 2 heterocycles. The molecule has 9 heteroatoms. The van der Waals surface area contributed by atoms with Gasteiger partial charge in [-0.3, -0.25) is 0 Å². The number of phenols is 1. The van der Waals surface area contributed by atoms with Gasteiger partial charge in [-0.2, -0.15) is 0 Å². The third-order valence-electron chi connectivity index (χ3n) is 6.88. The fourth-order valence-corrected chi connectivity index (χ4v) is 5.99. The van der Waals surface area contributed by atoms with Gasteiger partial charge in [-0.15, -0.1) is 11.8 Å². The number of hydrogen-bond acceptors (Lipinski definition) is 4. The van der Waals surface area contributed by atoms with Crippen molar-refractivity contribution in [1.29, 1.82) is 0 Å². The van der Waals surface area contributed by atoms with E-state index in [2.05, 4.69) is 4.90 Å². The number of thioether (sulfide) groups is 1. The van der Waals surface area contributed by atoms with Crippen molar-refractivity contribution in [1.82, 2.24) is 4.90 Å². The lowest BCUT2D eigenvalue weighted by molar-refractivity contribution is 0.237. The zero-order valence-corrected chi connectivity index (χ0v) is 20.1. The number of likely N-dealkylation sites (tertiary alicyclic amines) is 1. The van der Waals surface area contributed by atoms with Gasteiger partial charge < -0.3 is 14.7 Å². The Morgan fingerprint density at radius 3 is 2.17 bits per heavy atom. The van der Waals surface area contributed by atoms with E-state index in [9.17, 15) is 27.1 Å². The molecule has 0 saturated carbocycles. The van der Waals surface area contributed by atoms with E-state index in [4.69, 9.17) is 4.74 Å². The second kappa shape index (κ2) is 10.3. The first-order valence-corrected chi connectivity index (χ1v) is 12.8. The van der Waals surface area contributed by atoms with Crippen LogP contribution in [0, 0.1) is 29.1 Å². The normalized spacial score (nSPS) is 19.8. The number of fused-ring (bicyclic) bond motifs is 1. The third kappa shape index (κ3) is 4.66. The number of halogens is 5. The Balaban J connectivity index is 1.49. The van der Waals surface area contributed by atoms with Crippen molar-refractivity contribution in [3.63, 3.8) is 0 Å². The average Bonchev–Trinajstić information content (AvgIpc) is 3.40. The van der Waals surface area contributed by atoms with E-state index < -0.39 is 46.5 Å². The highest BCUT2D eigenvalue weighted by atomic mass is 32.2. The van der Waals surface area contributed by atoms with Crippen molar-refractivity contribution < 1.29 is 31.8 Å². The Kier molecular flexibility index (Phi) is 7.12. The highest BCUT2D eigenvalue weighted by Crippen LogP contribution is 2.48. The number of aromatic hydroxyl groups is 1. The van der Waals surface area contributed by atoms with Gasteiger partial charge in [0.05, 0.1) is 6.61 Å². The molecule has 2 atom stereocenters.